The van der Waals surface area contributed by atoms with Crippen LogP contribution in [0, 0.1) is 0 Å². The predicted molar refractivity (Wildman–Crippen MR) is 81.3 cm³/mol. The van der Waals surface area contributed by atoms with Crippen LogP contribution in [0.25, 0.3) is 0 Å². The number of sulfone groups is 1. The van der Waals surface area contributed by atoms with Crippen LogP contribution in [0.5, 0.6) is 0 Å². The number of alkyl halides is 3. The summed E-state index contributed by atoms with van der Waals surface area (Å²) in [6.45, 7) is 1.13. The minimum atomic E-state index is -4.53. The smallest absolute Gasteiger partial charge is 0.416 e. The number of halogens is 3. The summed E-state index contributed by atoms with van der Waals surface area (Å²) in [5, 5.41) is -1.26. The van der Waals surface area contributed by atoms with E-state index in [1.165, 1.54) is 0 Å². The number of benzene rings is 1. The normalized spacial score (nSPS) is 13.2. The third kappa shape index (κ3) is 4.84. The molecule has 0 aromatic heterocycles. The predicted octanol–water partition coefficient (Wildman–Crippen LogP) is 1.59. The number of carbonyl (C=O) groups is 2. The lowest BCUT2D eigenvalue weighted by molar-refractivity contribution is -0.150. The molecule has 1 aromatic rings. The summed E-state index contributed by atoms with van der Waals surface area (Å²) in [6.07, 6.45) is -4.53. The Kier molecular flexibility index (Phi) is 6.41. The molecule has 0 aliphatic heterocycles. The summed E-state index contributed by atoms with van der Waals surface area (Å²) in [5.74, 6) is -2.65. The molecule has 11 heteroatoms. The Morgan fingerprint density at radius 1 is 1.04 bits per heavy atom. The van der Waals surface area contributed by atoms with Gasteiger partial charge in [0.2, 0.25) is 0 Å². The van der Waals surface area contributed by atoms with Gasteiger partial charge < -0.3 is 14.8 Å². The van der Waals surface area contributed by atoms with E-state index in [2.05, 4.69) is 14.8 Å². The summed E-state index contributed by atoms with van der Waals surface area (Å²) in [7, 11) is -2.63. The van der Waals surface area contributed by atoms with Crippen LogP contribution in [-0.4, -0.2) is 45.2 Å². The second-order valence-electron chi connectivity index (χ2n) is 4.88. The number of esters is 2. The first kappa shape index (κ1) is 20.7. The molecule has 1 aromatic carbocycles. The largest absolute Gasteiger partial charge is 0.468 e. The lowest BCUT2D eigenvalue weighted by Gasteiger charge is -2.20. The number of carbonyl (C=O) groups excluding carboxylic acids is 2. The first-order valence-corrected chi connectivity index (χ1v) is 8.38. The third-order valence-electron chi connectivity index (χ3n) is 3.23. The molecular weight excluding hydrogens is 367 g/mol. The summed E-state index contributed by atoms with van der Waals surface area (Å²) in [4.78, 5) is 23.2. The highest BCUT2D eigenvalue weighted by Crippen LogP contribution is 2.30. The lowest BCUT2D eigenvalue weighted by atomic mass is 10.2. The molecule has 140 valence electrons. The molecule has 0 aliphatic carbocycles. The zero-order chi connectivity index (χ0) is 19.4. The van der Waals surface area contributed by atoms with E-state index in [4.69, 9.17) is 0 Å². The fourth-order valence-corrected chi connectivity index (χ4v) is 3.29. The van der Waals surface area contributed by atoms with Crippen molar-refractivity contribution in [1.82, 2.24) is 0 Å². The van der Waals surface area contributed by atoms with E-state index >= 15 is 0 Å². The van der Waals surface area contributed by atoms with Crippen LogP contribution in [0.15, 0.2) is 24.3 Å². The second kappa shape index (κ2) is 7.72. The van der Waals surface area contributed by atoms with Crippen molar-refractivity contribution in [2.24, 2.45) is 0 Å². The Balaban J connectivity index is 3.05. The maximum Gasteiger partial charge on any atom is 0.416 e. The van der Waals surface area contributed by atoms with Gasteiger partial charge in [0.05, 0.1) is 19.8 Å². The highest BCUT2D eigenvalue weighted by Gasteiger charge is 2.44. The van der Waals surface area contributed by atoms with Crippen molar-refractivity contribution in [3.05, 3.63) is 29.8 Å². The second-order valence-corrected chi connectivity index (χ2v) is 7.23. The summed E-state index contributed by atoms with van der Waals surface area (Å²) in [6, 6.07) is 3.58. The maximum atomic E-state index is 12.5. The van der Waals surface area contributed by atoms with E-state index in [0.29, 0.717) is 0 Å². The Morgan fingerprint density at radius 3 is 1.84 bits per heavy atom. The van der Waals surface area contributed by atoms with Gasteiger partial charge in [-0.15, -0.1) is 0 Å². The number of rotatable bonds is 6. The van der Waals surface area contributed by atoms with Crippen LogP contribution in [0.1, 0.15) is 12.5 Å². The van der Waals surface area contributed by atoms with Crippen LogP contribution >= 0.6 is 0 Å². The van der Waals surface area contributed by atoms with Gasteiger partial charge in [0.1, 0.15) is 5.37 Å². The molecule has 1 atom stereocenters. The summed E-state index contributed by atoms with van der Waals surface area (Å²) >= 11 is 0. The number of hydrogen-bond donors (Lipinski definition) is 1. The Morgan fingerprint density at radius 2 is 1.48 bits per heavy atom. The van der Waals surface area contributed by atoms with Crippen molar-refractivity contribution in [3.63, 3.8) is 0 Å². The SMILES string of the molecule is COC(=O)C(C(=O)OC)S(=O)(=O)C(C)Nc1ccc(C(F)(F)F)cc1. The van der Waals surface area contributed by atoms with Gasteiger partial charge in [-0.05, 0) is 31.2 Å². The molecule has 0 saturated heterocycles. The standard InChI is InChI=1S/C14H16F3NO6S/c1-8(18-10-6-4-9(5-7-10)14(15,16)17)25(21,22)11(12(19)23-2)13(20)24-3/h4-8,11,18H,1-3H3. The zero-order valence-electron chi connectivity index (χ0n) is 13.5. The molecule has 1 N–H and O–H groups in total. The molecule has 0 fully saturated rings. The van der Waals surface area contributed by atoms with Gasteiger partial charge in [0.15, 0.2) is 9.84 Å². The third-order valence-corrected chi connectivity index (χ3v) is 5.38. The van der Waals surface area contributed by atoms with E-state index in [9.17, 15) is 31.2 Å². The average Bonchev–Trinajstić information content (AvgIpc) is 2.53. The fourth-order valence-electron chi connectivity index (χ4n) is 1.85. The molecule has 0 spiro atoms. The van der Waals surface area contributed by atoms with E-state index in [1.54, 1.807) is 0 Å². The van der Waals surface area contributed by atoms with Gasteiger partial charge in [-0.2, -0.15) is 13.2 Å². The molecule has 0 radical (unpaired) electrons. The van der Waals surface area contributed by atoms with E-state index in [0.717, 1.165) is 45.4 Å². The van der Waals surface area contributed by atoms with Gasteiger partial charge in [0.25, 0.3) is 5.25 Å². The Hall–Kier alpha value is -2.30. The molecule has 25 heavy (non-hydrogen) atoms. The van der Waals surface area contributed by atoms with Crippen molar-refractivity contribution >= 4 is 27.5 Å². The van der Waals surface area contributed by atoms with Crippen LogP contribution < -0.4 is 5.32 Å². The maximum absolute atomic E-state index is 12.5. The fraction of sp³-hybridized carbons (Fsp3) is 0.429. The van der Waals surface area contributed by atoms with Crippen LogP contribution in [0.3, 0.4) is 0 Å². The summed E-state index contributed by atoms with van der Waals surface area (Å²) in [5.41, 5.74) is -0.854. The molecule has 7 nitrogen and oxygen atoms in total. The molecule has 0 heterocycles. The molecule has 0 aliphatic rings. The highest BCUT2D eigenvalue weighted by molar-refractivity contribution is 7.94. The molecule has 0 bridgehead atoms. The molecule has 1 rings (SSSR count). The van der Waals surface area contributed by atoms with Crippen molar-refractivity contribution in [3.8, 4) is 0 Å². The first-order chi connectivity index (χ1) is 11.4. The zero-order valence-corrected chi connectivity index (χ0v) is 14.3. The number of hydrogen-bond acceptors (Lipinski definition) is 7. The molecule has 0 saturated carbocycles. The van der Waals surface area contributed by atoms with Gasteiger partial charge in [-0.1, -0.05) is 0 Å². The monoisotopic (exact) mass is 383 g/mol. The number of methoxy groups -OCH3 is 2. The Bertz CT molecular complexity index is 714. The van der Waals surface area contributed by atoms with E-state index < -0.39 is 44.1 Å². The molecular formula is C14H16F3NO6S. The van der Waals surface area contributed by atoms with Crippen molar-refractivity contribution < 1.29 is 40.7 Å². The van der Waals surface area contributed by atoms with Crippen LogP contribution in [0.2, 0.25) is 0 Å². The Labute approximate surface area is 142 Å². The van der Waals surface area contributed by atoms with E-state index in [1.807, 2.05) is 0 Å². The number of nitrogens with one attached hydrogen (secondary N) is 1. The summed E-state index contributed by atoms with van der Waals surface area (Å²) < 4.78 is 71.0. The van der Waals surface area contributed by atoms with Gasteiger partial charge in [-0.25, -0.2) is 8.42 Å². The quantitative estimate of drug-likeness (QED) is 0.588. The molecule has 1 unspecified atom stereocenters. The van der Waals surface area contributed by atoms with Gasteiger partial charge >= 0.3 is 18.1 Å². The van der Waals surface area contributed by atoms with Crippen LogP contribution in [0.4, 0.5) is 18.9 Å². The first-order valence-electron chi connectivity index (χ1n) is 6.77. The van der Waals surface area contributed by atoms with E-state index in [-0.39, 0.29) is 5.69 Å². The average molecular weight is 383 g/mol. The highest BCUT2D eigenvalue weighted by atomic mass is 32.2. The van der Waals surface area contributed by atoms with Gasteiger partial charge in [0, 0.05) is 5.69 Å². The minimum Gasteiger partial charge on any atom is -0.468 e. The minimum absolute atomic E-state index is 0.0533. The topological polar surface area (TPSA) is 98.8 Å². The number of ether oxygens (including phenoxy) is 2. The van der Waals surface area contributed by atoms with Crippen molar-refractivity contribution in [2.75, 3.05) is 19.5 Å². The number of anilines is 1. The molecule has 0 amide bonds. The van der Waals surface area contributed by atoms with Crippen molar-refractivity contribution in [2.45, 2.75) is 23.7 Å². The van der Waals surface area contributed by atoms with Crippen LogP contribution in [-0.2, 0) is 35.1 Å². The lowest BCUT2D eigenvalue weighted by Crippen LogP contribution is -2.45. The van der Waals surface area contributed by atoms with Crippen molar-refractivity contribution in [1.29, 1.82) is 0 Å². The van der Waals surface area contributed by atoms with Gasteiger partial charge in [-0.3, -0.25) is 9.59 Å².